The van der Waals surface area contributed by atoms with Crippen molar-refractivity contribution in [3.63, 3.8) is 0 Å². The molecule has 5 rings (SSSR count). The summed E-state index contributed by atoms with van der Waals surface area (Å²) in [7, 11) is 0. The van der Waals surface area contributed by atoms with Crippen molar-refractivity contribution in [1.82, 2.24) is 10.2 Å². The van der Waals surface area contributed by atoms with Crippen LogP contribution >= 0.6 is 0 Å². The van der Waals surface area contributed by atoms with Crippen LogP contribution in [-0.4, -0.2) is 14.8 Å². The fourth-order valence-corrected chi connectivity index (χ4v) is 4.71. The van der Waals surface area contributed by atoms with E-state index in [-0.39, 0.29) is 0 Å². The van der Waals surface area contributed by atoms with Gasteiger partial charge < -0.3 is 13.4 Å². The van der Waals surface area contributed by atoms with Crippen LogP contribution < -0.4 is 0 Å². The maximum atomic E-state index is 12.9. The molecule has 0 saturated heterocycles. The molecule has 0 radical (unpaired) electrons. The average Bonchev–Trinajstić information content (AvgIpc) is 3.45. The quantitative estimate of drug-likeness (QED) is 0.329. The first-order valence-corrected chi connectivity index (χ1v) is 11.2. The molecule has 0 saturated carbocycles. The number of aryl methyl sites for hydroxylation is 1. The maximum absolute atomic E-state index is 12.9. The van der Waals surface area contributed by atoms with Gasteiger partial charge in [-0.2, -0.15) is 5.26 Å². The Hall–Kier alpha value is -3.86. The van der Waals surface area contributed by atoms with Crippen LogP contribution in [0.1, 0.15) is 17.0 Å². The topological polar surface area (TPSA) is 98.9 Å². The smallest absolute Gasteiger partial charge is 0.247 e. The monoisotopic (exact) mass is 439 g/mol. The number of furan rings is 1. The van der Waals surface area contributed by atoms with E-state index in [1.54, 1.807) is 25.3 Å². The zero-order valence-corrected chi connectivity index (χ0v) is 17.9. The SMILES string of the molecule is Cc1nnc(-c2ccc3occ(-c4ccc([S+]([O-])Cc5ccccc5C#N)cc4)c3c2)o1. The summed E-state index contributed by atoms with van der Waals surface area (Å²) in [6.07, 6.45) is 1.71. The van der Waals surface area contributed by atoms with Crippen LogP contribution in [-0.2, 0) is 16.9 Å². The first-order valence-electron chi connectivity index (χ1n) is 9.91. The Morgan fingerprint density at radius 2 is 1.78 bits per heavy atom. The number of nitriles is 1. The lowest BCUT2D eigenvalue weighted by Gasteiger charge is -2.12. The molecule has 0 aliphatic heterocycles. The van der Waals surface area contributed by atoms with Gasteiger partial charge in [0.1, 0.15) is 11.3 Å². The Morgan fingerprint density at radius 3 is 2.53 bits per heavy atom. The zero-order chi connectivity index (χ0) is 22.1. The minimum atomic E-state index is -1.26. The van der Waals surface area contributed by atoms with E-state index in [1.165, 1.54) is 0 Å². The molecule has 0 fully saturated rings. The molecule has 0 spiro atoms. The van der Waals surface area contributed by atoms with Gasteiger partial charge in [-0.3, -0.25) is 0 Å². The highest BCUT2D eigenvalue weighted by Crippen LogP contribution is 2.34. The van der Waals surface area contributed by atoms with Gasteiger partial charge in [-0.15, -0.1) is 10.2 Å². The number of fused-ring (bicyclic) bond motifs is 1. The van der Waals surface area contributed by atoms with Crippen LogP contribution in [0.25, 0.3) is 33.6 Å². The van der Waals surface area contributed by atoms with Crippen molar-refractivity contribution in [1.29, 1.82) is 5.26 Å². The summed E-state index contributed by atoms with van der Waals surface area (Å²) in [5, 5.41) is 18.2. The van der Waals surface area contributed by atoms with Crippen molar-refractivity contribution in [2.24, 2.45) is 0 Å². The van der Waals surface area contributed by atoms with Crippen molar-refractivity contribution in [3.8, 4) is 28.7 Å². The normalized spacial score (nSPS) is 12.0. The van der Waals surface area contributed by atoms with Crippen LogP contribution in [0, 0.1) is 18.3 Å². The van der Waals surface area contributed by atoms with Crippen LogP contribution in [0.4, 0.5) is 0 Å². The van der Waals surface area contributed by atoms with Crippen molar-refractivity contribution < 1.29 is 13.4 Å². The minimum Gasteiger partial charge on any atom is -0.611 e. The summed E-state index contributed by atoms with van der Waals surface area (Å²) in [5.74, 6) is 1.26. The van der Waals surface area contributed by atoms with E-state index in [9.17, 15) is 9.81 Å². The van der Waals surface area contributed by atoms with E-state index >= 15 is 0 Å². The minimum absolute atomic E-state index is 0.296. The molecule has 2 heterocycles. The number of nitrogens with zero attached hydrogens (tertiary/aromatic N) is 3. The van der Waals surface area contributed by atoms with E-state index in [0.29, 0.717) is 28.0 Å². The highest BCUT2D eigenvalue weighted by molar-refractivity contribution is 7.90. The van der Waals surface area contributed by atoms with E-state index in [4.69, 9.17) is 8.83 Å². The molecule has 0 N–H and O–H groups in total. The third-order valence-electron chi connectivity index (χ3n) is 5.20. The molecule has 0 aliphatic carbocycles. The first-order chi connectivity index (χ1) is 15.6. The second-order valence-electron chi connectivity index (χ2n) is 7.27. The largest absolute Gasteiger partial charge is 0.611 e. The molecule has 2 aromatic heterocycles. The van der Waals surface area contributed by atoms with Gasteiger partial charge in [-0.1, -0.05) is 18.2 Å². The summed E-state index contributed by atoms with van der Waals surface area (Å²) < 4.78 is 24.1. The molecular formula is C25H17N3O3S. The standard InChI is InChI=1S/C25H17N3O3S/c1-16-27-28-25(31-16)18-8-11-24-22(12-18)23(14-30-24)17-6-9-21(10-7-17)32(29)15-20-5-3-2-4-19(20)13-26/h2-12,14H,15H2,1H3. The molecule has 0 bridgehead atoms. The molecule has 6 nitrogen and oxygen atoms in total. The third-order valence-corrected chi connectivity index (χ3v) is 6.57. The number of rotatable bonds is 5. The van der Waals surface area contributed by atoms with Crippen molar-refractivity contribution >= 4 is 22.1 Å². The Morgan fingerprint density at radius 1 is 1.00 bits per heavy atom. The van der Waals surface area contributed by atoms with Gasteiger partial charge >= 0.3 is 0 Å². The number of aromatic nitrogens is 2. The van der Waals surface area contributed by atoms with E-state index in [0.717, 1.165) is 33.2 Å². The molecule has 0 aliphatic rings. The fourth-order valence-electron chi connectivity index (χ4n) is 3.57. The van der Waals surface area contributed by atoms with Gasteiger partial charge in [0, 0.05) is 29.0 Å². The average molecular weight is 439 g/mol. The van der Waals surface area contributed by atoms with Crippen molar-refractivity contribution in [3.05, 3.63) is 90.0 Å². The lowest BCUT2D eigenvalue weighted by Crippen LogP contribution is -2.06. The summed E-state index contributed by atoms with van der Waals surface area (Å²) in [6.45, 7) is 1.75. The molecule has 1 unspecified atom stereocenters. The molecule has 7 heteroatoms. The van der Waals surface area contributed by atoms with Gasteiger partial charge in [-0.05, 0) is 65.3 Å². The second kappa shape index (κ2) is 8.35. The molecule has 156 valence electrons. The highest BCUT2D eigenvalue weighted by Gasteiger charge is 2.16. The van der Waals surface area contributed by atoms with Crippen LogP contribution in [0.5, 0.6) is 0 Å². The lowest BCUT2D eigenvalue weighted by molar-refractivity contribution is 0.533. The van der Waals surface area contributed by atoms with Gasteiger partial charge in [0.25, 0.3) is 0 Å². The molecular weight excluding hydrogens is 422 g/mol. The van der Waals surface area contributed by atoms with Crippen LogP contribution in [0.2, 0.25) is 0 Å². The van der Waals surface area contributed by atoms with Crippen LogP contribution in [0.15, 0.2) is 86.7 Å². The second-order valence-corrected chi connectivity index (χ2v) is 8.72. The third kappa shape index (κ3) is 3.78. The van der Waals surface area contributed by atoms with Crippen molar-refractivity contribution in [2.75, 3.05) is 0 Å². The van der Waals surface area contributed by atoms with Crippen LogP contribution in [0.3, 0.4) is 0 Å². The lowest BCUT2D eigenvalue weighted by atomic mass is 10.0. The summed E-state index contributed by atoms with van der Waals surface area (Å²) in [4.78, 5) is 0.705. The molecule has 3 aromatic carbocycles. The number of hydrogen-bond donors (Lipinski definition) is 0. The Balaban J connectivity index is 1.43. The summed E-state index contributed by atoms with van der Waals surface area (Å²) in [6, 6.07) is 22.7. The van der Waals surface area contributed by atoms with Gasteiger partial charge in [0.2, 0.25) is 11.8 Å². The predicted octanol–water partition coefficient (Wildman–Crippen LogP) is 5.64. The Kier molecular flexibility index (Phi) is 5.23. The van der Waals surface area contributed by atoms with Crippen molar-refractivity contribution in [2.45, 2.75) is 17.6 Å². The Bertz CT molecular complexity index is 1450. The predicted molar refractivity (Wildman–Crippen MR) is 121 cm³/mol. The van der Waals surface area contributed by atoms with Gasteiger partial charge in [0.05, 0.1) is 17.9 Å². The highest BCUT2D eigenvalue weighted by atomic mass is 32.2. The molecule has 32 heavy (non-hydrogen) atoms. The fraction of sp³-hybridized carbons (Fsp3) is 0.0800. The Labute approximate surface area is 187 Å². The molecule has 0 amide bonds. The van der Waals surface area contributed by atoms with E-state index < -0.39 is 11.2 Å². The van der Waals surface area contributed by atoms with E-state index in [1.807, 2.05) is 54.6 Å². The number of benzene rings is 3. The van der Waals surface area contributed by atoms with Gasteiger partial charge in [-0.25, -0.2) is 0 Å². The van der Waals surface area contributed by atoms with Gasteiger partial charge in [0.15, 0.2) is 4.90 Å². The molecule has 1 atom stereocenters. The zero-order valence-electron chi connectivity index (χ0n) is 17.1. The first kappa shape index (κ1) is 20.1. The molecule has 5 aromatic rings. The number of hydrogen-bond acceptors (Lipinski definition) is 6. The maximum Gasteiger partial charge on any atom is 0.247 e. The van der Waals surface area contributed by atoms with E-state index in [2.05, 4.69) is 16.3 Å². The summed E-state index contributed by atoms with van der Waals surface area (Å²) in [5.41, 5.74) is 4.76. The summed E-state index contributed by atoms with van der Waals surface area (Å²) >= 11 is -1.26.